The van der Waals surface area contributed by atoms with E-state index in [2.05, 4.69) is 6.58 Å². The van der Waals surface area contributed by atoms with E-state index in [1.165, 1.54) is 0 Å². The Morgan fingerprint density at radius 2 is 1.79 bits per heavy atom. The average Bonchev–Trinajstić information content (AvgIpc) is 2.41. The van der Waals surface area contributed by atoms with Crippen molar-refractivity contribution in [3.05, 3.63) is 12.5 Å². The fraction of sp³-hybridized carbons (Fsp3) is 0.800. The lowest BCUT2D eigenvalue weighted by atomic mass is 10.2. The lowest BCUT2D eigenvalue weighted by molar-refractivity contribution is -0.175. The highest BCUT2D eigenvalue weighted by Gasteiger charge is 2.45. The van der Waals surface area contributed by atoms with Gasteiger partial charge in [0.25, 0.3) is 5.95 Å². The van der Waals surface area contributed by atoms with E-state index in [0.717, 1.165) is 6.42 Å². The predicted molar refractivity (Wildman–Crippen MR) is 49.5 cm³/mol. The van der Waals surface area contributed by atoms with Crippen molar-refractivity contribution in [1.82, 2.24) is 0 Å². The summed E-state index contributed by atoms with van der Waals surface area (Å²) in [6.45, 7) is 8.49. The van der Waals surface area contributed by atoms with Crippen molar-refractivity contribution in [2.45, 2.75) is 38.3 Å². The van der Waals surface area contributed by atoms with Crippen LogP contribution in [0.25, 0.3) is 0 Å². The van der Waals surface area contributed by atoms with Crippen molar-refractivity contribution >= 4 is 0 Å². The highest BCUT2D eigenvalue weighted by Crippen LogP contribution is 2.33. The SMILES string of the molecule is C=C1OCC2OC(C)(CC)OC2CO1. The second-order valence-corrected chi connectivity index (χ2v) is 3.79. The zero-order chi connectivity index (χ0) is 10.2. The van der Waals surface area contributed by atoms with Crippen molar-refractivity contribution in [2.24, 2.45) is 0 Å². The highest BCUT2D eigenvalue weighted by atomic mass is 16.8. The van der Waals surface area contributed by atoms with Crippen molar-refractivity contribution in [3.8, 4) is 0 Å². The maximum atomic E-state index is 5.76. The van der Waals surface area contributed by atoms with Gasteiger partial charge in [0, 0.05) is 0 Å². The normalized spacial score (nSPS) is 42.3. The molecule has 0 N–H and O–H groups in total. The minimum Gasteiger partial charge on any atom is -0.463 e. The zero-order valence-electron chi connectivity index (χ0n) is 8.62. The Labute approximate surface area is 83.8 Å². The third kappa shape index (κ3) is 1.72. The first kappa shape index (κ1) is 9.80. The molecule has 4 nitrogen and oxygen atoms in total. The molecule has 2 unspecified atom stereocenters. The number of hydrogen-bond acceptors (Lipinski definition) is 4. The Balaban J connectivity index is 2.03. The molecule has 4 heteroatoms. The van der Waals surface area contributed by atoms with Gasteiger partial charge in [0.05, 0.1) is 0 Å². The Morgan fingerprint density at radius 1 is 1.29 bits per heavy atom. The Bertz CT molecular complexity index is 220. The van der Waals surface area contributed by atoms with Gasteiger partial charge >= 0.3 is 0 Å². The number of fused-ring (bicyclic) bond motifs is 1. The number of rotatable bonds is 1. The van der Waals surface area contributed by atoms with Crippen LogP contribution < -0.4 is 0 Å². The third-order valence-corrected chi connectivity index (χ3v) is 2.68. The summed E-state index contributed by atoms with van der Waals surface area (Å²) in [5.74, 6) is -0.134. The Morgan fingerprint density at radius 3 is 2.21 bits per heavy atom. The fourth-order valence-electron chi connectivity index (χ4n) is 1.66. The molecule has 0 aromatic heterocycles. The van der Waals surface area contributed by atoms with E-state index in [-0.39, 0.29) is 12.2 Å². The van der Waals surface area contributed by atoms with Gasteiger partial charge in [0.1, 0.15) is 25.4 Å². The molecule has 0 aliphatic carbocycles. The van der Waals surface area contributed by atoms with Gasteiger partial charge in [-0.15, -0.1) is 0 Å². The number of hydrogen-bond donors (Lipinski definition) is 0. The molecule has 0 aromatic carbocycles. The molecule has 0 saturated carbocycles. The van der Waals surface area contributed by atoms with E-state index in [1.54, 1.807) is 0 Å². The monoisotopic (exact) mass is 200 g/mol. The maximum absolute atomic E-state index is 5.76. The van der Waals surface area contributed by atoms with Crippen LogP contribution in [0.15, 0.2) is 12.5 Å². The quantitative estimate of drug-likeness (QED) is 0.641. The minimum atomic E-state index is -0.485. The molecule has 2 atom stereocenters. The summed E-state index contributed by atoms with van der Waals surface area (Å²) >= 11 is 0. The molecule has 2 rings (SSSR count). The molecule has 2 aliphatic rings. The summed E-state index contributed by atoms with van der Waals surface area (Å²) in [5, 5.41) is 0. The van der Waals surface area contributed by atoms with Gasteiger partial charge in [-0.1, -0.05) is 6.92 Å². The largest absolute Gasteiger partial charge is 0.463 e. The van der Waals surface area contributed by atoms with E-state index in [4.69, 9.17) is 18.9 Å². The molecular weight excluding hydrogens is 184 g/mol. The molecule has 0 spiro atoms. The summed E-state index contributed by atoms with van der Waals surface area (Å²) in [5.41, 5.74) is 0. The highest BCUT2D eigenvalue weighted by molar-refractivity contribution is 4.87. The van der Waals surface area contributed by atoms with Gasteiger partial charge in [-0.05, 0) is 19.9 Å². The van der Waals surface area contributed by atoms with Crippen LogP contribution in [0.1, 0.15) is 20.3 Å². The van der Waals surface area contributed by atoms with Crippen LogP contribution in [0.2, 0.25) is 0 Å². The van der Waals surface area contributed by atoms with E-state index in [0.29, 0.717) is 19.2 Å². The molecule has 14 heavy (non-hydrogen) atoms. The first-order chi connectivity index (χ1) is 6.63. The Kier molecular flexibility index (Phi) is 2.41. The molecule has 80 valence electrons. The van der Waals surface area contributed by atoms with Crippen molar-refractivity contribution in [2.75, 3.05) is 13.2 Å². The molecule has 0 aromatic rings. The second kappa shape index (κ2) is 3.44. The summed E-state index contributed by atoms with van der Waals surface area (Å²) in [7, 11) is 0. The first-order valence-corrected chi connectivity index (χ1v) is 4.93. The third-order valence-electron chi connectivity index (χ3n) is 2.68. The van der Waals surface area contributed by atoms with Crippen molar-refractivity contribution in [1.29, 1.82) is 0 Å². The average molecular weight is 200 g/mol. The van der Waals surface area contributed by atoms with E-state index < -0.39 is 5.79 Å². The summed E-state index contributed by atoms with van der Waals surface area (Å²) < 4.78 is 22.0. The zero-order valence-corrected chi connectivity index (χ0v) is 8.62. The molecule has 0 amide bonds. The van der Waals surface area contributed by atoms with E-state index in [1.807, 2.05) is 13.8 Å². The maximum Gasteiger partial charge on any atom is 0.271 e. The van der Waals surface area contributed by atoms with Gasteiger partial charge in [-0.3, -0.25) is 0 Å². The lowest BCUT2D eigenvalue weighted by Gasteiger charge is -2.21. The molecule has 2 heterocycles. The lowest BCUT2D eigenvalue weighted by Crippen LogP contribution is -2.27. The first-order valence-electron chi connectivity index (χ1n) is 4.93. The van der Waals surface area contributed by atoms with Crippen LogP contribution in [-0.2, 0) is 18.9 Å². The van der Waals surface area contributed by atoms with Crippen LogP contribution >= 0.6 is 0 Å². The smallest absolute Gasteiger partial charge is 0.271 e. The summed E-state index contributed by atoms with van der Waals surface area (Å²) in [4.78, 5) is 0. The topological polar surface area (TPSA) is 36.9 Å². The summed E-state index contributed by atoms with van der Waals surface area (Å²) in [6.07, 6.45) is 0.736. The molecule has 2 fully saturated rings. The van der Waals surface area contributed by atoms with Crippen LogP contribution in [0.5, 0.6) is 0 Å². The molecule has 2 saturated heterocycles. The molecule has 2 aliphatic heterocycles. The molecule has 0 bridgehead atoms. The van der Waals surface area contributed by atoms with Gasteiger partial charge in [-0.2, -0.15) is 0 Å². The second-order valence-electron chi connectivity index (χ2n) is 3.79. The van der Waals surface area contributed by atoms with Gasteiger partial charge < -0.3 is 18.9 Å². The minimum absolute atomic E-state index is 0.0424. The standard InChI is InChI=1S/C10H16O4/c1-4-10(3)13-8-5-11-7(2)12-6-9(8)14-10/h8-9H,2,4-6H2,1,3H3. The predicted octanol–water partition coefficient (Wildman–Crippen LogP) is 1.41. The Hall–Kier alpha value is -0.740. The van der Waals surface area contributed by atoms with Gasteiger partial charge in [0.15, 0.2) is 5.79 Å². The van der Waals surface area contributed by atoms with Gasteiger partial charge in [-0.25, -0.2) is 0 Å². The van der Waals surface area contributed by atoms with Crippen LogP contribution in [0.4, 0.5) is 0 Å². The van der Waals surface area contributed by atoms with E-state index >= 15 is 0 Å². The van der Waals surface area contributed by atoms with E-state index in [9.17, 15) is 0 Å². The molecular formula is C10H16O4. The van der Waals surface area contributed by atoms with Gasteiger partial charge in [0.2, 0.25) is 0 Å². The van der Waals surface area contributed by atoms with Crippen molar-refractivity contribution < 1.29 is 18.9 Å². The van der Waals surface area contributed by atoms with Crippen LogP contribution in [0, 0.1) is 0 Å². The van der Waals surface area contributed by atoms with Crippen molar-refractivity contribution in [3.63, 3.8) is 0 Å². The summed E-state index contributed by atoms with van der Waals surface area (Å²) in [6, 6.07) is 0. The molecule has 0 radical (unpaired) electrons. The number of ether oxygens (including phenoxy) is 4. The fourth-order valence-corrected chi connectivity index (χ4v) is 1.66. The van der Waals surface area contributed by atoms with Crippen LogP contribution in [-0.4, -0.2) is 31.2 Å². The van der Waals surface area contributed by atoms with Crippen LogP contribution in [0.3, 0.4) is 0 Å².